The van der Waals surface area contributed by atoms with Crippen molar-refractivity contribution in [2.75, 3.05) is 0 Å². The van der Waals surface area contributed by atoms with Crippen LogP contribution in [0.3, 0.4) is 0 Å². The van der Waals surface area contributed by atoms with Crippen LogP contribution in [0.25, 0.3) is 0 Å². The molecule has 0 saturated heterocycles. The topological polar surface area (TPSA) is 65.3 Å². The molecule has 0 radical (unpaired) electrons. The quantitative estimate of drug-likeness (QED) is 0.478. The van der Waals surface area contributed by atoms with Gasteiger partial charge in [0.15, 0.2) is 10.9 Å². The van der Waals surface area contributed by atoms with E-state index in [1.165, 1.54) is 18.2 Å². The van der Waals surface area contributed by atoms with Crippen LogP contribution in [0, 0.1) is 17.0 Å². The molecular weight excluding hydrogens is 291 g/mol. The second-order valence-corrected chi connectivity index (χ2v) is 4.51. The molecule has 0 atom stereocenters. The Morgan fingerprint density at radius 2 is 1.95 bits per heavy atom. The normalized spacial score (nSPS) is 10.3. The predicted molar refractivity (Wildman–Crippen MR) is 72.2 cm³/mol. The Morgan fingerprint density at radius 1 is 1.21 bits per heavy atom. The highest BCUT2D eigenvalue weighted by molar-refractivity contribution is 6.31. The number of ether oxygens (including phenoxy) is 1. The minimum Gasteiger partial charge on any atom is -0.447 e. The first kappa shape index (κ1) is 13.6. The van der Waals surface area contributed by atoms with E-state index in [9.17, 15) is 10.1 Å². The third-order valence-electron chi connectivity index (χ3n) is 2.29. The largest absolute Gasteiger partial charge is 0.447 e. The maximum Gasteiger partial charge on any atom is 0.311 e. The lowest BCUT2D eigenvalue weighted by atomic mass is 10.3. The molecule has 2 rings (SSSR count). The SMILES string of the molecule is Cc1ccc(Oc2cc(Cl)ccc2[N+](=O)[O-])c(Cl)n1. The third-order valence-corrected chi connectivity index (χ3v) is 2.80. The van der Waals surface area contributed by atoms with E-state index >= 15 is 0 Å². The number of halogens is 2. The summed E-state index contributed by atoms with van der Waals surface area (Å²) < 4.78 is 5.42. The molecule has 0 unspecified atom stereocenters. The molecule has 0 spiro atoms. The van der Waals surface area contributed by atoms with Crippen LogP contribution < -0.4 is 4.74 Å². The number of hydrogen-bond donors (Lipinski definition) is 0. The number of hydrogen-bond acceptors (Lipinski definition) is 4. The fraction of sp³-hybridized carbons (Fsp3) is 0.0833. The van der Waals surface area contributed by atoms with E-state index in [1.54, 1.807) is 19.1 Å². The van der Waals surface area contributed by atoms with Gasteiger partial charge < -0.3 is 4.74 Å². The van der Waals surface area contributed by atoms with Crippen LogP contribution in [0.4, 0.5) is 5.69 Å². The zero-order chi connectivity index (χ0) is 14.0. The first-order valence-electron chi connectivity index (χ1n) is 5.22. The molecular formula is C12H8Cl2N2O3. The van der Waals surface area contributed by atoms with Crippen LogP contribution >= 0.6 is 23.2 Å². The second-order valence-electron chi connectivity index (χ2n) is 3.71. The van der Waals surface area contributed by atoms with E-state index in [-0.39, 0.29) is 22.3 Å². The molecule has 0 bridgehead atoms. The number of nitro groups is 1. The molecule has 5 nitrogen and oxygen atoms in total. The van der Waals surface area contributed by atoms with Crippen LogP contribution in [-0.2, 0) is 0 Å². The Balaban J connectivity index is 2.42. The van der Waals surface area contributed by atoms with Crippen LogP contribution in [0.1, 0.15) is 5.69 Å². The number of nitro benzene ring substituents is 1. The van der Waals surface area contributed by atoms with E-state index < -0.39 is 4.92 Å². The van der Waals surface area contributed by atoms with Gasteiger partial charge in [0.2, 0.25) is 5.75 Å². The fourth-order valence-corrected chi connectivity index (χ4v) is 1.82. The van der Waals surface area contributed by atoms with E-state index in [1.807, 2.05) is 0 Å². The highest BCUT2D eigenvalue weighted by Crippen LogP contribution is 2.35. The molecule has 2 aromatic rings. The number of benzene rings is 1. The molecule has 0 N–H and O–H groups in total. The summed E-state index contributed by atoms with van der Waals surface area (Å²) in [4.78, 5) is 14.3. The van der Waals surface area contributed by atoms with Gasteiger partial charge in [-0.05, 0) is 25.1 Å². The average molecular weight is 299 g/mol. The van der Waals surface area contributed by atoms with E-state index in [2.05, 4.69) is 4.98 Å². The number of aryl methyl sites for hydroxylation is 1. The molecule has 1 aromatic carbocycles. The lowest BCUT2D eigenvalue weighted by Crippen LogP contribution is -1.95. The molecule has 0 aliphatic carbocycles. The van der Waals surface area contributed by atoms with Gasteiger partial charge in [0.1, 0.15) is 0 Å². The highest BCUT2D eigenvalue weighted by atomic mass is 35.5. The van der Waals surface area contributed by atoms with Gasteiger partial charge in [-0.1, -0.05) is 23.2 Å². The van der Waals surface area contributed by atoms with Gasteiger partial charge in [0.05, 0.1) is 4.92 Å². The highest BCUT2D eigenvalue weighted by Gasteiger charge is 2.17. The fourth-order valence-electron chi connectivity index (χ4n) is 1.43. The summed E-state index contributed by atoms with van der Waals surface area (Å²) >= 11 is 11.7. The van der Waals surface area contributed by atoms with Gasteiger partial charge >= 0.3 is 5.69 Å². The standard InChI is InChI=1S/C12H8Cl2N2O3/c1-7-2-5-10(12(14)15-7)19-11-6-8(13)3-4-9(11)16(17)18/h2-6H,1H3. The average Bonchev–Trinajstić information content (AvgIpc) is 2.32. The van der Waals surface area contributed by atoms with Gasteiger partial charge in [-0.2, -0.15) is 0 Å². The minimum atomic E-state index is -0.554. The molecule has 98 valence electrons. The van der Waals surface area contributed by atoms with Crippen molar-refractivity contribution in [1.82, 2.24) is 4.98 Å². The molecule has 1 aromatic heterocycles. The maximum atomic E-state index is 10.9. The summed E-state index contributed by atoms with van der Waals surface area (Å²) in [6, 6.07) is 7.33. The van der Waals surface area contributed by atoms with Crippen molar-refractivity contribution in [3.63, 3.8) is 0 Å². The molecule has 0 saturated carbocycles. The molecule has 0 aliphatic heterocycles. The van der Waals surface area contributed by atoms with Gasteiger partial charge in [-0.25, -0.2) is 4.98 Å². The molecule has 0 aliphatic rings. The van der Waals surface area contributed by atoms with Crippen molar-refractivity contribution in [1.29, 1.82) is 0 Å². The second kappa shape index (κ2) is 5.42. The first-order valence-corrected chi connectivity index (χ1v) is 5.98. The van der Waals surface area contributed by atoms with Gasteiger partial charge in [0.25, 0.3) is 0 Å². The summed E-state index contributed by atoms with van der Waals surface area (Å²) in [5.74, 6) is 0.252. The van der Waals surface area contributed by atoms with E-state index in [4.69, 9.17) is 27.9 Å². The van der Waals surface area contributed by atoms with Crippen LogP contribution in [0.15, 0.2) is 30.3 Å². The monoisotopic (exact) mass is 298 g/mol. The van der Waals surface area contributed by atoms with E-state index in [0.717, 1.165) is 5.69 Å². The lowest BCUT2D eigenvalue weighted by molar-refractivity contribution is -0.385. The zero-order valence-electron chi connectivity index (χ0n) is 9.76. The Bertz CT molecular complexity index is 647. The number of rotatable bonds is 3. The van der Waals surface area contributed by atoms with Crippen molar-refractivity contribution in [3.05, 3.63) is 56.3 Å². The first-order chi connectivity index (χ1) is 8.97. The Kier molecular flexibility index (Phi) is 3.87. The summed E-state index contributed by atoms with van der Waals surface area (Å²) in [5.41, 5.74) is 0.527. The Hall–Kier alpha value is -1.85. The van der Waals surface area contributed by atoms with Crippen molar-refractivity contribution < 1.29 is 9.66 Å². The summed E-state index contributed by atoms with van der Waals surface area (Å²) in [5, 5.41) is 11.4. The number of aromatic nitrogens is 1. The third kappa shape index (κ3) is 3.13. The van der Waals surface area contributed by atoms with Crippen LogP contribution in [-0.4, -0.2) is 9.91 Å². The zero-order valence-corrected chi connectivity index (χ0v) is 11.3. The molecule has 1 heterocycles. The Morgan fingerprint density at radius 3 is 2.58 bits per heavy atom. The van der Waals surface area contributed by atoms with E-state index in [0.29, 0.717) is 5.02 Å². The molecule has 0 fully saturated rings. The Labute approximate surface area is 118 Å². The van der Waals surface area contributed by atoms with Crippen molar-refractivity contribution in [2.24, 2.45) is 0 Å². The van der Waals surface area contributed by atoms with Crippen molar-refractivity contribution >= 4 is 28.9 Å². The smallest absolute Gasteiger partial charge is 0.311 e. The van der Waals surface area contributed by atoms with Gasteiger partial charge in [-0.3, -0.25) is 10.1 Å². The summed E-state index contributed by atoms with van der Waals surface area (Å²) in [7, 11) is 0. The molecule has 0 amide bonds. The summed E-state index contributed by atoms with van der Waals surface area (Å²) in [6.45, 7) is 1.78. The van der Waals surface area contributed by atoms with Gasteiger partial charge in [0, 0.05) is 22.8 Å². The van der Waals surface area contributed by atoms with Gasteiger partial charge in [-0.15, -0.1) is 0 Å². The maximum absolute atomic E-state index is 10.9. The van der Waals surface area contributed by atoms with Crippen LogP contribution in [0.5, 0.6) is 11.5 Å². The summed E-state index contributed by atoms with van der Waals surface area (Å²) in [6.07, 6.45) is 0. The minimum absolute atomic E-state index is 0.0186. The molecule has 7 heteroatoms. The number of pyridine rings is 1. The van der Waals surface area contributed by atoms with Crippen LogP contribution in [0.2, 0.25) is 10.2 Å². The van der Waals surface area contributed by atoms with Crippen molar-refractivity contribution in [2.45, 2.75) is 6.92 Å². The molecule has 19 heavy (non-hydrogen) atoms. The lowest BCUT2D eigenvalue weighted by Gasteiger charge is -2.08. The van der Waals surface area contributed by atoms with Crippen molar-refractivity contribution in [3.8, 4) is 11.5 Å². The number of nitrogens with zero attached hydrogens (tertiary/aromatic N) is 2. The predicted octanol–water partition coefficient (Wildman–Crippen LogP) is 4.40.